The van der Waals surface area contributed by atoms with Crippen LogP contribution in [0.3, 0.4) is 0 Å². The van der Waals surface area contributed by atoms with Gasteiger partial charge in [0.2, 0.25) is 9.84 Å². The van der Waals surface area contributed by atoms with Crippen molar-refractivity contribution in [2.24, 2.45) is 0 Å². The maximum Gasteiger partial charge on any atom is 0.210 e. The highest BCUT2D eigenvalue weighted by Crippen LogP contribution is 2.43. The van der Waals surface area contributed by atoms with Gasteiger partial charge in [-0.1, -0.05) is 103 Å². The molecule has 0 atom stereocenters. The van der Waals surface area contributed by atoms with Crippen LogP contribution in [0.2, 0.25) is 0 Å². The molecule has 208 valence electrons. The molecule has 0 N–H and O–H groups in total. The van der Waals surface area contributed by atoms with Gasteiger partial charge in [0, 0.05) is 5.56 Å². The summed E-state index contributed by atoms with van der Waals surface area (Å²) >= 11 is 0. The molecule has 0 fully saturated rings. The van der Waals surface area contributed by atoms with Crippen LogP contribution in [0.1, 0.15) is 0 Å². The van der Waals surface area contributed by atoms with Crippen LogP contribution in [-0.4, -0.2) is 18.0 Å². The minimum atomic E-state index is -3.76. The standard InChI is InChI=1S/C39H24N2O2S/c42-44(43)36-12-6-11-34-38(36)41(39(40-34)26-8-2-1-3-9-26)35-20-19-33(24-37(35)44)32-18-17-30-22-29(15-16-31(30)23-32)28-14-13-25-7-4-5-10-27(25)21-28/h1-24H. The third kappa shape index (κ3) is 3.70. The molecule has 0 saturated carbocycles. The van der Waals surface area contributed by atoms with Gasteiger partial charge in [-0.2, -0.15) is 0 Å². The summed E-state index contributed by atoms with van der Waals surface area (Å²) in [5.41, 5.74) is 7.00. The molecular weight excluding hydrogens is 561 g/mol. The van der Waals surface area contributed by atoms with E-state index >= 15 is 0 Å². The summed E-state index contributed by atoms with van der Waals surface area (Å²) in [6.07, 6.45) is 0. The van der Waals surface area contributed by atoms with Crippen molar-refractivity contribution in [3.05, 3.63) is 146 Å². The molecule has 1 aliphatic heterocycles. The number of benzene rings is 7. The molecule has 0 saturated heterocycles. The van der Waals surface area contributed by atoms with Crippen molar-refractivity contribution in [3.8, 4) is 39.3 Å². The van der Waals surface area contributed by atoms with Gasteiger partial charge in [0.15, 0.2) is 0 Å². The lowest BCUT2D eigenvalue weighted by Crippen LogP contribution is -2.15. The molecule has 0 amide bonds. The lowest BCUT2D eigenvalue weighted by atomic mass is 9.96. The second-order valence-electron chi connectivity index (χ2n) is 11.3. The molecule has 5 heteroatoms. The van der Waals surface area contributed by atoms with Crippen LogP contribution < -0.4 is 0 Å². The Balaban J connectivity index is 1.16. The first-order valence-electron chi connectivity index (χ1n) is 14.5. The first-order valence-corrected chi connectivity index (χ1v) is 16.0. The number of aromatic nitrogens is 2. The van der Waals surface area contributed by atoms with E-state index in [0.717, 1.165) is 38.9 Å². The SMILES string of the molecule is O=S1(=O)c2cc(-c3ccc4cc(-c5ccc6ccccc6c5)ccc4c3)ccc2-n2c(-c3ccccc3)nc3cccc1c32. The van der Waals surface area contributed by atoms with Gasteiger partial charge < -0.3 is 0 Å². The predicted molar refractivity (Wildman–Crippen MR) is 178 cm³/mol. The van der Waals surface area contributed by atoms with E-state index in [9.17, 15) is 8.42 Å². The Morgan fingerprint density at radius 3 is 1.73 bits per heavy atom. The number of hydrogen-bond donors (Lipinski definition) is 0. The van der Waals surface area contributed by atoms with Crippen LogP contribution in [-0.2, 0) is 9.84 Å². The zero-order valence-electron chi connectivity index (χ0n) is 23.5. The van der Waals surface area contributed by atoms with Gasteiger partial charge >= 0.3 is 0 Å². The predicted octanol–water partition coefficient (Wildman–Crippen LogP) is 9.48. The van der Waals surface area contributed by atoms with Gasteiger partial charge in [0.25, 0.3) is 0 Å². The molecule has 0 aliphatic carbocycles. The van der Waals surface area contributed by atoms with E-state index < -0.39 is 9.84 Å². The van der Waals surface area contributed by atoms with Gasteiger partial charge in [-0.15, -0.1) is 0 Å². The summed E-state index contributed by atoms with van der Waals surface area (Å²) in [6, 6.07) is 48.8. The number of para-hydroxylation sites is 1. The van der Waals surface area contributed by atoms with Crippen molar-refractivity contribution >= 4 is 42.4 Å². The van der Waals surface area contributed by atoms with Crippen molar-refractivity contribution in [1.82, 2.24) is 9.55 Å². The summed E-state index contributed by atoms with van der Waals surface area (Å²) in [5, 5.41) is 4.68. The molecule has 1 aliphatic rings. The molecule has 7 aromatic carbocycles. The lowest BCUT2D eigenvalue weighted by molar-refractivity contribution is 0.594. The summed E-state index contributed by atoms with van der Waals surface area (Å²) in [5.74, 6) is 0.727. The van der Waals surface area contributed by atoms with Crippen LogP contribution >= 0.6 is 0 Å². The highest BCUT2D eigenvalue weighted by atomic mass is 32.2. The van der Waals surface area contributed by atoms with Crippen molar-refractivity contribution in [2.45, 2.75) is 9.79 Å². The highest BCUT2D eigenvalue weighted by Gasteiger charge is 2.34. The fourth-order valence-corrected chi connectivity index (χ4v) is 8.18. The Morgan fingerprint density at radius 1 is 0.455 bits per heavy atom. The zero-order chi connectivity index (χ0) is 29.4. The number of sulfone groups is 1. The van der Waals surface area contributed by atoms with Crippen molar-refractivity contribution < 1.29 is 8.42 Å². The first-order chi connectivity index (χ1) is 21.5. The molecule has 9 rings (SSSR count). The molecule has 4 nitrogen and oxygen atoms in total. The second kappa shape index (κ2) is 9.24. The summed E-state index contributed by atoms with van der Waals surface area (Å²) in [6.45, 7) is 0. The van der Waals surface area contributed by atoms with Crippen molar-refractivity contribution in [2.75, 3.05) is 0 Å². The molecule has 1 aromatic heterocycles. The molecule has 2 heterocycles. The lowest BCUT2D eigenvalue weighted by Gasteiger charge is -2.22. The van der Waals surface area contributed by atoms with E-state index in [4.69, 9.17) is 4.98 Å². The largest absolute Gasteiger partial charge is 0.290 e. The first kappa shape index (κ1) is 25.0. The Hall–Kier alpha value is -5.52. The molecule has 0 radical (unpaired) electrons. The highest BCUT2D eigenvalue weighted by molar-refractivity contribution is 7.92. The Kier molecular flexibility index (Phi) is 5.25. The molecule has 44 heavy (non-hydrogen) atoms. The average molecular weight is 585 g/mol. The van der Waals surface area contributed by atoms with Crippen LogP contribution in [0.4, 0.5) is 0 Å². The van der Waals surface area contributed by atoms with E-state index in [1.165, 1.54) is 16.3 Å². The Morgan fingerprint density at radius 2 is 1.02 bits per heavy atom. The van der Waals surface area contributed by atoms with Gasteiger partial charge in [-0.05, 0) is 86.3 Å². The maximum absolute atomic E-state index is 14.0. The maximum atomic E-state index is 14.0. The number of hydrogen-bond acceptors (Lipinski definition) is 3. The zero-order valence-corrected chi connectivity index (χ0v) is 24.3. The molecule has 0 spiro atoms. The van der Waals surface area contributed by atoms with E-state index in [2.05, 4.69) is 78.9 Å². The summed E-state index contributed by atoms with van der Waals surface area (Å²) in [7, 11) is -3.76. The topological polar surface area (TPSA) is 52.0 Å². The number of rotatable bonds is 3. The van der Waals surface area contributed by atoms with Crippen LogP contribution in [0.25, 0.3) is 71.9 Å². The van der Waals surface area contributed by atoms with Crippen LogP contribution in [0.15, 0.2) is 155 Å². The van der Waals surface area contributed by atoms with Gasteiger partial charge in [-0.3, -0.25) is 4.57 Å². The van der Waals surface area contributed by atoms with Crippen LogP contribution in [0, 0.1) is 0 Å². The fourth-order valence-electron chi connectivity index (χ4n) is 6.51. The van der Waals surface area contributed by atoms with E-state index in [1.807, 2.05) is 59.2 Å². The van der Waals surface area contributed by atoms with Gasteiger partial charge in [-0.25, -0.2) is 13.4 Å². The van der Waals surface area contributed by atoms with Gasteiger partial charge in [0.05, 0.1) is 26.5 Å². The fraction of sp³-hybridized carbons (Fsp3) is 0. The van der Waals surface area contributed by atoms with Crippen molar-refractivity contribution in [1.29, 1.82) is 0 Å². The second-order valence-corrected chi connectivity index (χ2v) is 13.2. The summed E-state index contributed by atoms with van der Waals surface area (Å²) in [4.78, 5) is 5.45. The third-order valence-electron chi connectivity index (χ3n) is 8.71. The summed E-state index contributed by atoms with van der Waals surface area (Å²) < 4.78 is 30.1. The quantitative estimate of drug-likeness (QED) is 0.208. The Bertz CT molecular complexity index is 2570. The molecule has 8 aromatic rings. The number of fused-ring (bicyclic) bond motifs is 4. The van der Waals surface area contributed by atoms with Crippen molar-refractivity contribution in [3.63, 3.8) is 0 Å². The van der Waals surface area contributed by atoms with E-state index in [1.54, 1.807) is 12.1 Å². The molecule has 0 unspecified atom stereocenters. The third-order valence-corrected chi connectivity index (χ3v) is 10.5. The number of nitrogens with zero attached hydrogens (tertiary/aromatic N) is 2. The minimum Gasteiger partial charge on any atom is -0.290 e. The van der Waals surface area contributed by atoms with E-state index in [-0.39, 0.29) is 9.79 Å². The minimum absolute atomic E-state index is 0.286. The van der Waals surface area contributed by atoms with E-state index in [0.29, 0.717) is 16.7 Å². The van der Waals surface area contributed by atoms with Gasteiger partial charge in [0.1, 0.15) is 5.82 Å². The number of imidazole rings is 1. The molecule has 0 bridgehead atoms. The average Bonchev–Trinajstić information content (AvgIpc) is 3.47. The van der Waals surface area contributed by atoms with Crippen LogP contribution in [0.5, 0.6) is 0 Å². The molecular formula is C39H24N2O2S. The normalized spacial score (nSPS) is 13.4. The monoisotopic (exact) mass is 584 g/mol. The Labute approximate surface area is 254 Å². The smallest absolute Gasteiger partial charge is 0.210 e.